The van der Waals surface area contributed by atoms with Crippen LogP contribution in [-0.2, 0) is 4.79 Å². The van der Waals surface area contributed by atoms with E-state index in [0.29, 0.717) is 24.8 Å². The van der Waals surface area contributed by atoms with Crippen LogP contribution in [-0.4, -0.2) is 41.4 Å². The number of nitrogens with one attached hydrogen (secondary N) is 1. The van der Waals surface area contributed by atoms with Gasteiger partial charge in [-0.3, -0.25) is 9.59 Å². The summed E-state index contributed by atoms with van der Waals surface area (Å²) in [5.41, 5.74) is 0.835. The number of carbonyl (C=O) groups is 2. The maximum Gasteiger partial charge on any atom is 0.263 e. The first kappa shape index (κ1) is 18.9. The summed E-state index contributed by atoms with van der Waals surface area (Å²) in [7, 11) is 0. The first-order valence-corrected chi connectivity index (χ1v) is 11.0. The van der Waals surface area contributed by atoms with Crippen molar-refractivity contribution in [1.29, 1.82) is 0 Å². The number of benzene rings is 1. The number of anilines is 1. The third-order valence-electron chi connectivity index (χ3n) is 4.71. The number of carbonyl (C=O) groups excluding carboxylic acids is 2. The van der Waals surface area contributed by atoms with E-state index in [1.165, 1.54) is 22.7 Å². The lowest BCUT2D eigenvalue weighted by Crippen LogP contribution is -2.43. The summed E-state index contributed by atoms with van der Waals surface area (Å²) in [6, 6.07) is 9.42. The Morgan fingerprint density at radius 2 is 2.25 bits per heavy atom. The predicted molar refractivity (Wildman–Crippen MR) is 112 cm³/mol. The van der Waals surface area contributed by atoms with Gasteiger partial charge in [0.15, 0.2) is 5.13 Å². The fraction of sp³-hybridized carbons (Fsp3) is 0.350. The highest BCUT2D eigenvalue weighted by molar-refractivity contribution is 7.22. The standard InChI is InChI=1S/C20H21N3O3S2/c1-2-26-14-7-8-15-17(11-14)28-20(21-15)22-18(24)13-5-3-9-23(12-13)19(25)16-6-4-10-27-16/h4,6-8,10-11,13H,2-3,5,9,12H2,1H3,(H,21,22,24). The van der Waals surface area contributed by atoms with E-state index in [-0.39, 0.29) is 17.7 Å². The molecule has 1 aromatic carbocycles. The molecule has 28 heavy (non-hydrogen) atoms. The largest absolute Gasteiger partial charge is 0.494 e. The van der Waals surface area contributed by atoms with Crippen molar-refractivity contribution in [3.05, 3.63) is 40.6 Å². The van der Waals surface area contributed by atoms with Gasteiger partial charge in [0, 0.05) is 13.1 Å². The van der Waals surface area contributed by atoms with Crippen LogP contribution in [0.15, 0.2) is 35.7 Å². The van der Waals surface area contributed by atoms with E-state index in [1.54, 1.807) is 4.90 Å². The van der Waals surface area contributed by atoms with Gasteiger partial charge in [0.25, 0.3) is 5.91 Å². The van der Waals surface area contributed by atoms with Gasteiger partial charge in [-0.1, -0.05) is 17.4 Å². The number of fused-ring (bicyclic) bond motifs is 1. The number of thiophene rings is 1. The van der Waals surface area contributed by atoms with Crippen molar-refractivity contribution in [2.45, 2.75) is 19.8 Å². The minimum absolute atomic E-state index is 0.0101. The third-order valence-corrected chi connectivity index (χ3v) is 6.50. The molecule has 6 nitrogen and oxygen atoms in total. The zero-order valence-electron chi connectivity index (χ0n) is 15.5. The molecule has 3 aromatic rings. The number of amides is 2. The zero-order chi connectivity index (χ0) is 19.5. The Morgan fingerprint density at radius 1 is 1.36 bits per heavy atom. The summed E-state index contributed by atoms with van der Waals surface area (Å²) in [6.07, 6.45) is 1.60. The lowest BCUT2D eigenvalue weighted by molar-refractivity contribution is -0.121. The van der Waals surface area contributed by atoms with Crippen molar-refractivity contribution in [1.82, 2.24) is 9.88 Å². The molecule has 0 bridgehead atoms. The lowest BCUT2D eigenvalue weighted by Gasteiger charge is -2.31. The Morgan fingerprint density at radius 3 is 3.04 bits per heavy atom. The molecule has 1 unspecified atom stereocenters. The van der Waals surface area contributed by atoms with Gasteiger partial charge in [0.1, 0.15) is 5.75 Å². The van der Waals surface area contributed by atoms with Crippen LogP contribution in [0.25, 0.3) is 10.2 Å². The van der Waals surface area contributed by atoms with E-state index in [4.69, 9.17) is 4.74 Å². The molecule has 2 amide bonds. The second kappa shape index (κ2) is 8.28. The van der Waals surface area contributed by atoms with Gasteiger partial charge in [-0.2, -0.15) is 0 Å². The first-order valence-electron chi connectivity index (χ1n) is 9.31. The molecule has 0 aliphatic carbocycles. The van der Waals surface area contributed by atoms with Gasteiger partial charge in [-0.15, -0.1) is 11.3 Å². The molecule has 1 fully saturated rings. The van der Waals surface area contributed by atoms with Crippen LogP contribution in [0.1, 0.15) is 29.4 Å². The van der Waals surface area contributed by atoms with Gasteiger partial charge in [-0.05, 0) is 49.4 Å². The maximum atomic E-state index is 12.8. The van der Waals surface area contributed by atoms with Gasteiger partial charge < -0.3 is 15.0 Å². The van der Waals surface area contributed by atoms with Crippen LogP contribution < -0.4 is 10.1 Å². The molecule has 1 aliphatic rings. The number of nitrogens with zero attached hydrogens (tertiary/aromatic N) is 2. The summed E-state index contributed by atoms with van der Waals surface area (Å²) < 4.78 is 6.49. The Hall–Kier alpha value is -2.45. The van der Waals surface area contributed by atoms with Gasteiger partial charge in [0.05, 0.1) is 27.6 Å². The van der Waals surface area contributed by atoms with E-state index < -0.39 is 0 Å². The highest BCUT2D eigenvalue weighted by atomic mass is 32.1. The monoisotopic (exact) mass is 415 g/mol. The fourth-order valence-corrected chi connectivity index (χ4v) is 4.94. The molecule has 4 rings (SSSR count). The van der Waals surface area contributed by atoms with Crippen molar-refractivity contribution < 1.29 is 14.3 Å². The predicted octanol–water partition coefficient (Wildman–Crippen LogP) is 4.25. The number of piperidine rings is 1. The SMILES string of the molecule is CCOc1ccc2nc(NC(=O)C3CCCN(C(=O)c4cccs4)C3)sc2c1. The molecule has 1 N–H and O–H groups in total. The van der Waals surface area contributed by atoms with E-state index in [2.05, 4.69) is 10.3 Å². The molecular weight excluding hydrogens is 394 g/mol. The highest BCUT2D eigenvalue weighted by Gasteiger charge is 2.29. The van der Waals surface area contributed by atoms with E-state index >= 15 is 0 Å². The Bertz CT molecular complexity index is 984. The van der Waals surface area contributed by atoms with E-state index in [9.17, 15) is 9.59 Å². The number of hydrogen-bond acceptors (Lipinski definition) is 6. The van der Waals surface area contributed by atoms with Gasteiger partial charge in [0.2, 0.25) is 5.91 Å². The summed E-state index contributed by atoms with van der Waals surface area (Å²) in [5, 5.41) is 5.41. The van der Waals surface area contributed by atoms with Crippen molar-refractivity contribution >= 4 is 49.8 Å². The summed E-state index contributed by atoms with van der Waals surface area (Å²) in [6.45, 7) is 3.69. The Labute approximate surface area is 171 Å². The average molecular weight is 416 g/mol. The number of rotatable bonds is 5. The summed E-state index contributed by atoms with van der Waals surface area (Å²) in [4.78, 5) is 32.3. The molecule has 0 radical (unpaired) electrons. The average Bonchev–Trinajstić information content (AvgIpc) is 3.37. The Balaban J connectivity index is 1.43. The molecule has 1 atom stereocenters. The van der Waals surface area contributed by atoms with Crippen LogP contribution in [0.2, 0.25) is 0 Å². The summed E-state index contributed by atoms with van der Waals surface area (Å²) in [5.74, 6) is 0.513. The molecule has 3 heterocycles. The van der Waals surface area contributed by atoms with E-state index in [1.807, 2.05) is 42.6 Å². The quantitative estimate of drug-likeness (QED) is 0.676. The number of aromatic nitrogens is 1. The van der Waals surface area contributed by atoms with Crippen molar-refractivity contribution in [2.75, 3.05) is 25.0 Å². The van der Waals surface area contributed by atoms with Gasteiger partial charge >= 0.3 is 0 Å². The molecule has 2 aromatic heterocycles. The normalized spacial score (nSPS) is 16.9. The number of ether oxygens (including phenoxy) is 1. The third kappa shape index (κ3) is 4.02. The van der Waals surface area contributed by atoms with Crippen LogP contribution in [0.5, 0.6) is 5.75 Å². The summed E-state index contributed by atoms with van der Waals surface area (Å²) >= 11 is 2.87. The fourth-order valence-electron chi connectivity index (χ4n) is 3.35. The van der Waals surface area contributed by atoms with Crippen molar-refractivity contribution in [3.8, 4) is 5.75 Å². The number of likely N-dealkylation sites (tertiary alicyclic amines) is 1. The maximum absolute atomic E-state index is 12.8. The van der Waals surface area contributed by atoms with Crippen LogP contribution in [0.3, 0.4) is 0 Å². The topological polar surface area (TPSA) is 71.5 Å². The minimum Gasteiger partial charge on any atom is -0.494 e. The molecule has 0 spiro atoms. The number of hydrogen-bond donors (Lipinski definition) is 1. The van der Waals surface area contributed by atoms with Gasteiger partial charge in [-0.25, -0.2) is 4.98 Å². The molecule has 8 heteroatoms. The van der Waals surface area contributed by atoms with E-state index in [0.717, 1.165) is 33.7 Å². The molecule has 146 valence electrons. The molecule has 1 aliphatic heterocycles. The first-order chi connectivity index (χ1) is 13.6. The second-order valence-corrected chi connectivity index (χ2v) is 8.62. The molecule has 1 saturated heterocycles. The van der Waals surface area contributed by atoms with Crippen LogP contribution >= 0.6 is 22.7 Å². The highest BCUT2D eigenvalue weighted by Crippen LogP contribution is 2.30. The second-order valence-electron chi connectivity index (χ2n) is 6.64. The lowest BCUT2D eigenvalue weighted by atomic mass is 9.97. The zero-order valence-corrected chi connectivity index (χ0v) is 17.1. The smallest absolute Gasteiger partial charge is 0.263 e. The molecular formula is C20H21N3O3S2. The van der Waals surface area contributed by atoms with Crippen LogP contribution in [0, 0.1) is 5.92 Å². The van der Waals surface area contributed by atoms with Crippen LogP contribution in [0.4, 0.5) is 5.13 Å². The molecule has 0 saturated carbocycles. The number of thiazole rings is 1. The Kier molecular flexibility index (Phi) is 5.59. The minimum atomic E-state index is -0.219. The van der Waals surface area contributed by atoms with Crippen molar-refractivity contribution in [2.24, 2.45) is 5.92 Å². The van der Waals surface area contributed by atoms with Crippen molar-refractivity contribution in [3.63, 3.8) is 0 Å².